The average Bonchev–Trinajstić information content (AvgIpc) is 2.46. The molecule has 0 spiro atoms. The summed E-state index contributed by atoms with van der Waals surface area (Å²) in [6.45, 7) is 1.06. The van der Waals surface area contributed by atoms with Crippen LogP contribution in [0.4, 0.5) is 4.39 Å². The van der Waals surface area contributed by atoms with Crippen LogP contribution in [0.5, 0.6) is 0 Å². The second-order valence-corrected chi connectivity index (χ2v) is 2.58. The molecule has 0 aliphatic heterocycles. The summed E-state index contributed by atoms with van der Waals surface area (Å²) in [6, 6.07) is 0. The maximum absolute atomic E-state index is 11.7. The summed E-state index contributed by atoms with van der Waals surface area (Å²) < 4.78 is 13.5. The summed E-state index contributed by atoms with van der Waals surface area (Å²) in [5, 5.41) is 10.7. The van der Waals surface area contributed by atoms with Crippen LogP contribution in [0.15, 0.2) is 6.33 Å². The van der Waals surface area contributed by atoms with Crippen LogP contribution in [-0.2, 0) is 13.6 Å². The van der Waals surface area contributed by atoms with Crippen molar-refractivity contribution in [2.24, 2.45) is 7.05 Å². The minimum absolute atomic E-state index is 0.272. The molecule has 1 aromatic heterocycles. The molecule has 1 rings (SSSR count). The zero-order valence-electron chi connectivity index (χ0n) is 7.13. The van der Waals surface area contributed by atoms with Gasteiger partial charge >= 0.3 is 0 Å². The van der Waals surface area contributed by atoms with E-state index in [0.717, 1.165) is 5.82 Å². The third kappa shape index (κ3) is 2.58. The van der Waals surface area contributed by atoms with Crippen LogP contribution >= 0.6 is 0 Å². The molecule has 1 heterocycles. The van der Waals surface area contributed by atoms with Crippen molar-refractivity contribution < 1.29 is 4.39 Å². The largest absolute Gasteiger partial charge is 0.320 e. The Bertz CT molecular complexity index is 223. The van der Waals surface area contributed by atoms with Gasteiger partial charge in [-0.2, -0.15) is 0 Å². The van der Waals surface area contributed by atoms with E-state index in [1.165, 1.54) is 0 Å². The van der Waals surface area contributed by atoms with E-state index in [9.17, 15) is 4.39 Å². The van der Waals surface area contributed by atoms with E-state index < -0.39 is 0 Å². The lowest BCUT2D eigenvalue weighted by Crippen LogP contribution is -2.17. The standard InChI is InChI=1S/C7H13FN4/c1-12-6-10-11-7(12)5-9-4-2-3-8/h6,9H,2-5H2,1H3. The van der Waals surface area contributed by atoms with E-state index in [-0.39, 0.29) is 6.67 Å². The predicted molar refractivity (Wildman–Crippen MR) is 43.3 cm³/mol. The third-order valence-electron chi connectivity index (χ3n) is 1.58. The molecule has 0 saturated heterocycles. The highest BCUT2D eigenvalue weighted by Gasteiger charge is 1.97. The van der Waals surface area contributed by atoms with Crippen molar-refractivity contribution in [3.63, 3.8) is 0 Å². The second kappa shape index (κ2) is 4.82. The highest BCUT2D eigenvalue weighted by molar-refractivity contribution is 4.82. The van der Waals surface area contributed by atoms with Crippen LogP contribution in [0.3, 0.4) is 0 Å². The zero-order valence-corrected chi connectivity index (χ0v) is 7.13. The number of halogens is 1. The first-order chi connectivity index (χ1) is 5.84. The molecule has 1 aromatic rings. The third-order valence-corrected chi connectivity index (χ3v) is 1.58. The molecule has 0 aromatic carbocycles. The molecule has 4 nitrogen and oxygen atoms in total. The number of hydrogen-bond donors (Lipinski definition) is 1. The molecule has 68 valence electrons. The molecule has 0 radical (unpaired) electrons. The van der Waals surface area contributed by atoms with Gasteiger partial charge in [0.15, 0.2) is 0 Å². The van der Waals surface area contributed by atoms with Gasteiger partial charge in [0.1, 0.15) is 12.2 Å². The Morgan fingerprint density at radius 2 is 2.50 bits per heavy atom. The summed E-state index contributed by atoms with van der Waals surface area (Å²) in [7, 11) is 1.88. The molecule has 0 fully saturated rings. The van der Waals surface area contributed by atoms with Crippen LogP contribution in [0.1, 0.15) is 12.2 Å². The summed E-state index contributed by atoms with van der Waals surface area (Å²) in [4.78, 5) is 0. The van der Waals surface area contributed by atoms with Gasteiger partial charge in [-0.3, -0.25) is 4.39 Å². The number of aromatic nitrogens is 3. The van der Waals surface area contributed by atoms with Crippen LogP contribution < -0.4 is 5.32 Å². The van der Waals surface area contributed by atoms with Crippen molar-refractivity contribution in [1.29, 1.82) is 0 Å². The van der Waals surface area contributed by atoms with Gasteiger partial charge in [0.05, 0.1) is 13.2 Å². The normalized spacial score (nSPS) is 10.5. The highest BCUT2D eigenvalue weighted by atomic mass is 19.1. The van der Waals surface area contributed by atoms with Crippen molar-refractivity contribution >= 4 is 0 Å². The number of aryl methyl sites for hydroxylation is 1. The predicted octanol–water partition coefficient (Wildman–Crippen LogP) is 0.264. The quantitative estimate of drug-likeness (QED) is 0.648. The van der Waals surface area contributed by atoms with E-state index in [0.29, 0.717) is 19.5 Å². The maximum Gasteiger partial charge on any atom is 0.146 e. The lowest BCUT2D eigenvalue weighted by molar-refractivity contribution is 0.456. The Hall–Kier alpha value is -0.970. The van der Waals surface area contributed by atoms with Crippen LogP contribution in [0, 0.1) is 0 Å². The summed E-state index contributed by atoms with van der Waals surface area (Å²) in [5.74, 6) is 0.869. The van der Waals surface area contributed by atoms with Gasteiger partial charge in [-0.15, -0.1) is 10.2 Å². The fraction of sp³-hybridized carbons (Fsp3) is 0.714. The second-order valence-electron chi connectivity index (χ2n) is 2.58. The molecule has 0 amide bonds. The maximum atomic E-state index is 11.7. The molecule has 0 aliphatic carbocycles. The fourth-order valence-electron chi connectivity index (χ4n) is 0.859. The van der Waals surface area contributed by atoms with E-state index in [4.69, 9.17) is 0 Å². The van der Waals surface area contributed by atoms with Crippen molar-refractivity contribution in [2.75, 3.05) is 13.2 Å². The monoisotopic (exact) mass is 172 g/mol. The first kappa shape index (κ1) is 9.12. The Labute approximate surface area is 70.8 Å². The van der Waals surface area contributed by atoms with Crippen LogP contribution in [0.2, 0.25) is 0 Å². The van der Waals surface area contributed by atoms with Crippen LogP contribution in [-0.4, -0.2) is 28.0 Å². The van der Waals surface area contributed by atoms with Crippen molar-refractivity contribution in [3.8, 4) is 0 Å². The van der Waals surface area contributed by atoms with Gasteiger partial charge in [-0.1, -0.05) is 0 Å². The minimum Gasteiger partial charge on any atom is -0.320 e. The molecular weight excluding hydrogens is 159 g/mol. The Morgan fingerprint density at radius 1 is 1.67 bits per heavy atom. The molecule has 0 aliphatic rings. The molecule has 12 heavy (non-hydrogen) atoms. The fourth-order valence-corrected chi connectivity index (χ4v) is 0.859. The smallest absolute Gasteiger partial charge is 0.146 e. The average molecular weight is 172 g/mol. The first-order valence-corrected chi connectivity index (χ1v) is 3.94. The number of nitrogens with zero attached hydrogens (tertiary/aromatic N) is 3. The summed E-state index contributed by atoms with van der Waals surface area (Å²) >= 11 is 0. The summed E-state index contributed by atoms with van der Waals surface area (Å²) in [6.07, 6.45) is 2.20. The topological polar surface area (TPSA) is 42.7 Å². The molecular formula is C7H13FN4. The molecule has 5 heteroatoms. The number of rotatable bonds is 5. The Balaban J connectivity index is 2.20. The van der Waals surface area contributed by atoms with Gasteiger partial charge in [0.25, 0.3) is 0 Å². The first-order valence-electron chi connectivity index (χ1n) is 3.94. The van der Waals surface area contributed by atoms with Crippen molar-refractivity contribution in [3.05, 3.63) is 12.2 Å². The van der Waals surface area contributed by atoms with Gasteiger partial charge in [0, 0.05) is 7.05 Å². The SMILES string of the molecule is Cn1cnnc1CNCCCF. The van der Waals surface area contributed by atoms with E-state index in [1.807, 2.05) is 11.6 Å². The zero-order chi connectivity index (χ0) is 8.81. The van der Waals surface area contributed by atoms with Gasteiger partial charge in [-0.25, -0.2) is 0 Å². The van der Waals surface area contributed by atoms with Gasteiger partial charge < -0.3 is 9.88 Å². The van der Waals surface area contributed by atoms with E-state index >= 15 is 0 Å². The molecule has 0 saturated carbocycles. The Kier molecular flexibility index (Phi) is 3.66. The lowest BCUT2D eigenvalue weighted by Gasteiger charge is -2.01. The number of alkyl halides is 1. The molecule has 0 unspecified atom stereocenters. The number of nitrogens with one attached hydrogen (secondary N) is 1. The van der Waals surface area contributed by atoms with Gasteiger partial charge in [0.2, 0.25) is 0 Å². The van der Waals surface area contributed by atoms with Crippen molar-refractivity contribution in [1.82, 2.24) is 20.1 Å². The number of hydrogen-bond acceptors (Lipinski definition) is 3. The lowest BCUT2D eigenvalue weighted by atomic mass is 10.4. The Morgan fingerprint density at radius 3 is 3.08 bits per heavy atom. The highest BCUT2D eigenvalue weighted by Crippen LogP contribution is 1.89. The van der Waals surface area contributed by atoms with Crippen LogP contribution in [0.25, 0.3) is 0 Å². The van der Waals surface area contributed by atoms with Gasteiger partial charge in [-0.05, 0) is 13.0 Å². The molecule has 1 N–H and O–H groups in total. The minimum atomic E-state index is -0.272. The van der Waals surface area contributed by atoms with Crippen molar-refractivity contribution in [2.45, 2.75) is 13.0 Å². The van der Waals surface area contributed by atoms with E-state index in [1.54, 1.807) is 6.33 Å². The van der Waals surface area contributed by atoms with E-state index in [2.05, 4.69) is 15.5 Å². The molecule has 0 bridgehead atoms. The molecule has 0 atom stereocenters. The summed E-state index contributed by atoms with van der Waals surface area (Å²) in [5.41, 5.74) is 0.